The van der Waals surface area contributed by atoms with E-state index in [1.807, 2.05) is 67.9 Å². The fourth-order valence-electron chi connectivity index (χ4n) is 2.56. The Morgan fingerprint density at radius 1 is 1.21 bits per heavy atom. The zero-order valence-corrected chi connectivity index (χ0v) is 17.4. The predicted octanol–water partition coefficient (Wildman–Crippen LogP) is 4.09. The lowest BCUT2D eigenvalue weighted by atomic mass is 10.2. The molecule has 1 N–H and O–H groups in total. The highest BCUT2D eigenvalue weighted by atomic mass is 35.5. The molecule has 3 rings (SSSR count). The van der Waals surface area contributed by atoms with E-state index in [1.165, 1.54) is 11.8 Å². The van der Waals surface area contributed by atoms with E-state index in [9.17, 15) is 4.79 Å². The molecular weight excluding hydrogens is 394 g/mol. The Labute approximate surface area is 173 Å². The van der Waals surface area contributed by atoms with Crippen LogP contribution < -0.4 is 5.43 Å². The molecule has 2 heterocycles. The molecule has 0 spiro atoms. The van der Waals surface area contributed by atoms with Gasteiger partial charge in [0.2, 0.25) is 0 Å². The van der Waals surface area contributed by atoms with Gasteiger partial charge in [-0.3, -0.25) is 4.79 Å². The van der Waals surface area contributed by atoms with Crippen molar-refractivity contribution in [3.63, 3.8) is 0 Å². The number of carbonyl (C=O) groups excluding carboxylic acids is 1. The maximum atomic E-state index is 12.0. The number of nitrogens with one attached hydrogen (secondary N) is 1. The van der Waals surface area contributed by atoms with Crippen molar-refractivity contribution in [2.24, 2.45) is 5.10 Å². The number of aryl methyl sites for hydroxylation is 3. The first-order valence-electron chi connectivity index (χ1n) is 8.63. The number of halogens is 1. The van der Waals surface area contributed by atoms with Crippen LogP contribution in [0.3, 0.4) is 0 Å². The topological polar surface area (TPSA) is 72.2 Å². The molecule has 1 aromatic carbocycles. The SMILES string of the molecule is Cc1cc(C)nc(SCC(=O)N/N=C/c2cccn2-c2ccc(C)c(Cl)c2)n1. The van der Waals surface area contributed by atoms with E-state index in [-0.39, 0.29) is 11.7 Å². The molecule has 0 fully saturated rings. The molecule has 0 saturated heterocycles. The van der Waals surface area contributed by atoms with Gasteiger partial charge in [0, 0.05) is 28.3 Å². The van der Waals surface area contributed by atoms with E-state index in [2.05, 4.69) is 20.5 Å². The smallest absolute Gasteiger partial charge is 0.250 e. The van der Waals surface area contributed by atoms with Gasteiger partial charge in [-0.2, -0.15) is 5.10 Å². The summed E-state index contributed by atoms with van der Waals surface area (Å²) in [6.45, 7) is 5.76. The first kappa shape index (κ1) is 20.1. The number of thioether (sulfide) groups is 1. The van der Waals surface area contributed by atoms with Gasteiger partial charge in [0.1, 0.15) is 0 Å². The summed E-state index contributed by atoms with van der Waals surface area (Å²) in [6.07, 6.45) is 3.51. The fourth-order valence-corrected chi connectivity index (χ4v) is 3.47. The van der Waals surface area contributed by atoms with E-state index >= 15 is 0 Å². The summed E-state index contributed by atoms with van der Waals surface area (Å²) >= 11 is 7.50. The van der Waals surface area contributed by atoms with Crippen LogP contribution in [-0.2, 0) is 4.79 Å². The third kappa shape index (κ3) is 5.21. The van der Waals surface area contributed by atoms with Crippen LogP contribution in [0.4, 0.5) is 0 Å². The van der Waals surface area contributed by atoms with E-state index in [4.69, 9.17) is 11.6 Å². The van der Waals surface area contributed by atoms with Crippen molar-refractivity contribution < 1.29 is 4.79 Å². The number of aromatic nitrogens is 3. The highest BCUT2D eigenvalue weighted by Crippen LogP contribution is 2.20. The lowest BCUT2D eigenvalue weighted by molar-refractivity contribution is -0.118. The number of benzene rings is 1. The van der Waals surface area contributed by atoms with Crippen molar-refractivity contribution >= 4 is 35.5 Å². The standard InChI is InChI=1S/C20H20ClN5OS/c1-13-6-7-16(10-18(13)21)26-8-4-5-17(26)11-22-25-19(27)12-28-20-23-14(2)9-15(3)24-20/h4-11H,12H2,1-3H3,(H,25,27)/b22-11+. The minimum atomic E-state index is -0.222. The van der Waals surface area contributed by atoms with Gasteiger partial charge in [0.15, 0.2) is 5.16 Å². The summed E-state index contributed by atoms with van der Waals surface area (Å²) in [6, 6.07) is 11.5. The highest BCUT2D eigenvalue weighted by Gasteiger charge is 2.06. The first-order valence-corrected chi connectivity index (χ1v) is 9.99. The summed E-state index contributed by atoms with van der Waals surface area (Å²) < 4.78 is 1.94. The number of hydrazone groups is 1. The number of rotatable bonds is 6. The minimum Gasteiger partial charge on any atom is -0.316 e. The average molecular weight is 414 g/mol. The quantitative estimate of drug-likeness (QED) is 0.286. The molecular formula is C20H20ClN5OS. The molecule has 8 heteroatoms. The van der Waals surface area contributed by atoms with Gasteiger partial charge in [0.05, 0.1) is 17.7 Å². The monoisotopic (exact) mass is 413 g/mol. The maximum Gasteiger partial charge on any atom is 0.250 e. The first-order chi connectivity index (χ1) is 13.4. The predicted molar refractivity (Wildman–Crippen MR) is 113 cm³/mol. The zero-order chi connectivity index (χ0) is 20.1. The largest absolute Gasteiger partial charge is 0.316 e. The van der Waals surface area contributed by atoms with Crippen molar-refractivity contribution in [2.75, 3.05) is 5.75 Å². The van der Waals surface area contributed by atoms with Gasteiger partial charge >= 0.3 is 0 Å². The third-order valence-corrected chi connectivity index (χ3v) is 5.15. The molecule has 0 saturated carbocycles. The normalized spacial score (nSPS) is 11.1. The Bertz CT molecular complexity index is 1010. The molecule has 0 aliphatic heterocycles. The Morgan fingerprint density at radius 2 is 1.96 bits per heavy atom. The van der Waals surface area contributed by atoms with Crippen molar-refractivity contribution in [1.82, 2.24) is 20.0 Å². The molecule has 0 radical (unpaired) electrons. The van der Waals surface area contributed by atoms with Gasteiger partial charge < -0.3 is 4.57 Å². The van der Waals surface area contributed by atoms with Gasteiger partial charge in [-0.25, -0.2) is 15.4 Å². The van der Waals surface area contributed by atoms with Crippen LogP contribution in [0.15, 0.2) is 52.9 Å². The van der Waals surface area contributed by atoms with Gasteiger partial charge in [-0.15, -0.1) is 0 Å². The second kappa shape index (κ2) is 9.03. The van der Waals surface area contributed by atoms with Crippen molar-refractivity contribution in [3.05, 3.63) is 70.3 Å². The van der Waals surface area contributed by atoms with E-state index in [1.54, 1.807) is 6.21 Å². The molecule has 6 nitrogen and oxygen atoms in total. The molecule has 1 amide bonds. The van der Waals surface area contributed by atoms with Gasteiger partial charge in [0.25, 0.3) is 5.91 Å². The van der Waals surface area contributed by atoms with E-state index < -0.39 is 0 Å². The molecule has 0 atom stereocenters. The average Bonchev–Trinajstić information content (AvgIpc) is 3.10. The van der Waals surface area contributed by atoms with Crippen LogP contribution in [-0.4, -0.2) is 32.4 Å². The second-order valence-corrected chi connectivity index (χ2v) is 7.60. The van der Waals surface area contributed by atoms with Crippen molar-refractivity contribution in [3.8, 4) is 5.69 Å². The lowest BCUT2D eigenvalue weighted by Crippen LogP contribution is -2.20. The molecule has 28 heavy (non-hydrogen) atoms. The molecule has 0 aliphatic rings. The zero-order valence-electron chi connectivity index (χ0n) is 15.8. The lowest BCUT2D eigenvalue weighted by Gasteiger charge is -2.08. The molecule has 0 aliphatic carbocycles. The molecule has 2 aromatic heterocycles. The van der Waals surface area contributed by atoms with Gasteiger partial charge in [-0.1, -0.05) is 29.4 Å². The van der Waals surface area contributed by atoms with Crippen LogP contribution in [0.25, 0.3) is 5.69 Å². The van der Waals surface area contributed by atoms with E-state index in [0.29, 0.717) is 10.2 Å². The summed E-state index contributed by atoms with van der Waals surface area (Å²) in [5.41, 5.74) is 7.06. The Morgan fingerprint density at radius 3 is 2.68 bits per heavy atom. The number of nitrogens with zero attached hydrogens (tertiary/aromatic N) is 4. The summed E-state index contributed by atoms with van der Waals surface area (Å²) in [4.78, 5) is 20.6. The Kier molecular flexibility index (Phi) is 6.49. The summed E-state index contributed by atoms with van der Waals surface area (Å²) in [5.74, 6) is -0.0325. The van der Waals surface area contributed by atoms with Crippen LogP contribution in [0.2, 0.25) is 5.02 Å². The number of amides is 1. The third-order valence-electron chi connectivity index (χ3n) is 3.89. The summed E-state index contributed by atoms with van der Waals surface area (Å²) in [5, 5.41) is 5.34. The summed E-state index contributed by atoms with van der Waals surface area (Å²) in [7, 11) is 0. The van der Waals surface area contributed by atoms with Crippen LogP contribution in [0.1, 0.15) is 22.6 Å². The minimum absolute atomic E-state index is 0.189. The molecule has 3 aromatic rings. The van der Waals surface area contributed by atoms with Crippen LogP contribution in [0.5, 0.6) is 0 Å². The van der Waals surface area contributed by atoms with Crippen molar-refractivity contribution in [2.45, 2.75) is 25.9 Å². The highest BCUT2D eigenvalue weighted by molar-refractivity contribution is 7.99. The Hall–Kier alpha value is -2.64. The van der Waals surface area contributed by atoms with Crippen molar-refractivity contribution in [1.29, 1.82) is 0 Å². The Balaban J connectivity index is 1.60. The number of carbonyl (C=O) groups is 1. The maximum absolute atomic E-state index is 12.0. The van der Waals surface area contributed by atoms with Crippen LogP contribution >= 0.6 is 23.4 Å². The van der Waals surface area contributed by atoms with Gasteiger partial charge in [-0.05, 0) is 56.7 Å². The molecule has 0 bridgehead atoms. The second-order valence-electron chi connectivity index (χ2n) is 6.25. The fraction of sp³-hybridized carbons (Fsp3) is 0.200. The molecule has 144 valence electrons. The van der Waals surface area contributed by atoms with E-state index in [0.717, 1.165) is 28.3 Å². The number of hydrogen-bond donors (Lipinski definition) is 1. The molecule has 0 unspecified atom stereocenters. The van der Waals surface area contributed by atoms with Crippen LogP contribution in [0, 0.1) is 20.8 Å². The number of hydrogen-bond acceptors (Lipinski definition) is 5.